The van der Waals surface area contributed by atoms with Crippen LogP contribution in [0.1, 0.15) is 22.9 Å². The Kier molecular flexibility index (Phi) is 7.63. The molecule has 204 valence electrons. The van der Waals surface area contributed by atoms with Gasteiger partial charge in [0.25, 0.3) is 0 Å². The average molecular weight is 539 g/mol. The molecule has 0 radical (unpaired) electrons. The standard InChI is InChI=1S/C26H28F2N8O3/c1-16-13-34(15-30-16)25-17(2)24(36(33-25)19-7-5-4-6-8-19)32-26(37)31-21-14-35(9-10-38-3)39-22(21)18-11-20(27)23(28)29-12-18/h4-8,11-13,15,21-22H,9-10,14H2,1-3H3,(H2,31,32,37)/t21-,22+/m1/s1. The monoisotopic (exact) mass is 538 g/mol. The van der Waals surface area contributed by atoms with Crippen LogP contribution >= 0.6 is 0 Å². The maximum absolute atomic E-state index is 14.0. The lowest BCUT2D eigenvalue weighted by atomic mass is 10.0. The molecule has 4 aromatic rings. The normalized spacial score (nSPS) is 17.5. The Balaban J connectivity index is 1.42. The lowest BCUT2D eigenvalue weighted by Gasteiger charge is -2.19. The van der Waals surface area contributed by atoms with Gasteiger partial charge in [-0.05, 0) is 32.0 Å². The van der Waals surface area contributed by atoms with Crippen LogP contribution in [0.2, 0.25) is 0 Å². The molecule has 1 aliphatic rings. The van der Waals surface area contributed by atoms with Gasteiger partial charge < -0.3 is 10.1 Å². The number of pyridine rings is 1. The number of benzene rings is 1. The predicted octanol–water partition coefficient (Wildman–Crippen LogP) is 3.47. The Morgan fingerprint density at radius 2 is 2.00 bits per heavy atom. The predicted molar refractivity (Wildman–Crippen MR) is 138 cm³/mol. The van der Waals surface area contributed by atoms with Crippen molar-refractivity contribution in [3.05, 3.63) is 83.7 Å². The molecule has 0 unspecified atom stereocenters. The number of imidazole rings is 1. The zero-order valence-corrected chi connectivity index (χ0v) is 21.6. The number of aryl methyl sites for hydroxylation is 1. The first-order valence-corrected chi connectivity index (χ1v) is 12.3. The van der Waals surface area contributed by atoms with Crippen molar-refractivity contribution in [1.82, 2.24) is 34.7 Å². The summed E-state index contributed by atoms with van der Waals surface area (Å²) in [6, 6.07) is 9.30. The number of amides is 2. The quantitative estimate of drug-likeness (QED) is 0.331. The number of hydrogen-bond donors (Lipinski definition) is 2. The minimum absolute atomic E-state index is 0.289. The van der Waals surface area contributed by atoms with Crippen LogP contribution in [0.25, 0.3) is 11.5 Å². The van der Waals surface area contributed by atoms with E-state index in [2.05, 4.69) is 20.6 Å². The summed E-state index contributed by atoms with van der Waals surface area (Å²) in [6.45, 7) is 4.82. The number of methoxy groups -OCH3 is 1. The van der Waals surface area contributed by atoms with Gasteiger partial charge >= 0.3 is 6.03 Å². The fourth-order valence-electron chi connectivity index (χ4n) is 4.42. The highest BCUT2D eigenvalue weighted by Crippen LogP contribution is 2.30. The molecule has 39 heavy (non-hydrogen) atoms. The van der Waals surface area contributed by atoms with Crippen molar-refractivity contribution in [3.63, 3.8) is 0 Å². The molecule has 1 aromatic carbocycles. The third-order valence-electron chi connectivity index (χ3n) is 6.32. The summed E-state index contributed by atoms with van der Waals surface area (Å²) in [6.07, 6.45) is 3.91. The van der Waals surface area contributed by atoms with Gasteiger partial charge in [0, 0.05) is 43.7 Å². The van der Waals surface area contributed by atoms with Crippen molar-refractivity contribution in [3.8, 4) is 11.5 Å². The highest BCUT2D eigenvalue weighted by atomic mass is 19.2. The molecule has 1 fully saturated rings. The number of nitrogens with one attached hydrogen (secondary N) is 2. The number of aromatic nitrogens is 5. The van der Waals surface area contributed by atoms with Crippen molar-refractivity contribution < 1.29 is 23.1 Å². The zero-order valence-electron chi connectivity index (χ0n) is 21.6. The van der Waals surface area contributed by atoms with E-state index in [-0.39, 0.29) is 6.54 Å². The molecule has 5 rings (SSSR count). The number of urea groups is 1. The van der Waals surface area contributed by atoms with Gasteiger partial charge in [0.05, 0.1) is 24.0 Å². The van der Waals surface area contributed by atoms with Crippen molar-refractivity contribution in [2.24, 2.45) is 0 Å². The number of anilines is 1. The van der Waals surface area contributed by atoms with Crippen molar-refractivity contribution in [2.45, 2.75) is 26.0 Å². The van der Waals surface area contributed by atoms with Crippen molar-refractivity contribution in [1.29, 1.82) is 0 Å². The summed E-state index contributed by atoms with van der Waals surface area (Å²) in [5, 5.41) is 12.2. The Hall–Kier alpha value is -4.20. The summed E-state index contributed by atoms with van der Waals surface area (Å²) in [5.74, 6) is -1.24. The highest BCUT2D eigenvalue weighted by molar-refractivity contribution is 5.90. The second-order valence-corrected chi connectivity index (χ2v) is 9.12. The molecule has 1 saturated heterocycles. The summed E-state index contributed by atoms with van der Waals surface area (Å²) < 4.78 is 36.0. The van der Waals surface area contributed by atoms with E-state index in [4.69, 9.17) is 14.7 Å². The van der Waals surface area contributed by atoms with Crippen LogP contribution in [0.5, 0.6) is 0 Å². The van der Waals surface area contributed by atoms with E-state index in [0.29, 0.717) is 30.4 Å². The van der Waals surface area contributed by atoms with E-state index in [1.54, 1.807) is 27.7 Å². The maximum Gasteiger partial charge on any atom is 0.320 e. The molecule has 13 heteroatoms. The number of hydroxylamine groups is 2. The molecule has 2 atom stereocenters. The Morgan fingerprint density at radius 1 is 1.21 bits per heavy atom. The SMILES string of the molecule is COCCN1C[C@@H](NC(=O)Nc2c(C)c(-n3cnc(C)c3)nn2-c2ccccc2)[C@H](c2cnc(F)c(F)c2)O1. The Bertz CT molecular complexity index is 1460. The topological polar surface area (TPSA) is 111 Å². The van der Waals surface area contributed by atoms with E-state index >= 15 is 0 Å². The molecular weight excluding hydrogens is 510 g/mol. The molecule has 4 heterocycles. The lowest BCUT2D eigenvalue weighted by Crippen LogP contribution is -2.42. The fraction of sp³-hybridized carbons (Fsp3) is 0.308. The second-order valence-electron chi connectivity index (χ2n) is 9.12. The van der Waals surface area contributed by atoms with Gasteiger partial charge in [-0.15, -0.1) is 5.10 Å². The zero-order chi connectivity index (χ0) is 27.5. The number of carbonyl (C=O) groups excluding carboxylic acids is 1. The molecular formula is C26H28F2N8O3. The highest BCUT2D eigenvalue weighted by Gasteiger charge is 2.37. The van der Waals surface area contributed by atoms with Gasteiger partial charge in [0.2, 0.25) is 5.95 Å². The number of rotatable bonds is 8. The van der Waals surface area contributed by atoms with E-state index in [0.717, 1.165) is 23.0 Å². The van der Waals surface area contributed by atoms with E-state index < -0.39 is 29.9 Å². The van der Waals surface area contributed by atoms with Gasteiger partial charge in [-0.3, -0.25) is 14.7 Å². The first kappa shape index (κ1) is 26.4. The Labute approximate surface area is 223 Å². The molecule has 1 aliphatic heterocycles. The summed E-state index contributed by atoms with van der Waals surface area (Å²) in [7, 11) is 1.56. The third-order valence-corrected chi connectivity index (χ3v) is 6.32. The van der Waals surface area contributed by atoms with Crippen LogP contribution in [-0.4, -0.2) is 68.3 Å². The van der Waals surface area contributed by atoms with Gasteiger partial charge in [-0.2, -0.15) is 9.45 Å². The van der Waals surface area contributed by atoms with Crippen LogP contribution in [0, 0.1) is 25.6 Å². The van der Waals surface area contributed by atoms with E-state index in [1.165, 1.54) is 6.20 Å². The van der Waals surface area contributed by atoms with Crippen LogP contribution in [0.3, 0.4) is 0 Å². The Morgan fingerprint density at radius 3 is 2.69 bits per heavy atom. The van der Waals surface area contributed by atoms with E-state index in [1.807, 2.05) is 50.4 Å². The van der Waals surface area contributed by atoms with Gasteiger partial charge in [0.1, 0.15) is 18.2 Å². The number of nitrogens with zero attached hydrogens (tertiary/aromatic N) is 6. The number of carbonyl (C=O) groups is 1. The van der Waals surface area contributed by atoms with Crippen LogP contribution < -0.4 is 10.6 Å². The first-order valence-electron chi connectivity index (χ1n) is 12.3. The lowest BCUT2D eigenvalue weighted by molar-refractivity contribution is -0.154. The van der Waals surface area contributed by atoms with Gasteiger partial charge in [-0.25, -0.2) is 23.8 Å². The van der Waals surface area contributed by atoms with Crippen molar-refractivity contribution in [2.75, 3.05) is 32.1 Å². The van der Waals surface area contributed by atoms with E-state index in [9.17, 15) is 13.6 Å². The molecule has 0 spiro atoms. The number of halogens is 2. The minimum Gasteiger partial charge on any atom is -0.383 e. The number of ether oxygens (including phenoxy) is 1. The molecule has 3 aromatic heterocycles. The second kappa shape index (κ2) is 11.3. The molecule has 0 aliphatic carbocycles. The first-order chi connectivity index (χ1) is 18.8. The average Bonchev–Trinajstić information content (AvgIpc) is 3.62. The van der Waals surface area contributed by atoms with Crippen molar-refractivity contribution >= 4 is 11.8 Å². The van der Waals surface area contributed by atoms with Crippen LogP contribution in [0.4, 0.5) is 19.4 Å². The number of hydrogen-bond acceptors (Lipinski definition) is 7. The smallest absolute Gasteiger partial charge is 0.320 e. The molecule has 0 bridgehead atoms. The van der Waals surface area contributed by atoms with Gasteiger partial charge in [0.15, 0.2) is 11.6 Å². The summed E-state index contributed by atoms with van der Waals surface area (Å²) in [5.41, 5.74) is 2.59. The van der Waals surface area contributed by atoms with Crippen LogP contribution in [0.15, 0.2) is 55.1 Å². The minimum atomic E-state index is -1.20. The van der Waals surface area contributed by atoms with Gasteiger partial charge in [-0.1, -0.05) is 18.2 Å². The fourth-order valence-corrected chi connectivity index (χ4v) is 4.42. The molecule has 11 nitrogen and oxygen atoms in total. The summed E-state index contributed by atoms with van der Waals surface area (Å²) in [4.78, 5) is 27.0. The third kappa shape index (κ3) is 5.65. The molecule has 0 saturated carbocycles. The molecule has 2 N–H and O–H groups in total. The maximum atomic E-state index is 14.0. The largest absolute Gasteiger partial charge is 0.383 e. The van der Waals surface area contributed by atoms with Crippen LogP contribution in [-0.2, 0) is 9.57 Å². The summed E-state index contributed by atoms with van der Waals surface area (Å²) >= 11 is 0. The number of para-hydroxylation sites is 1. The molecule has 2 amide bonds.